The zero-order chi connectivity index (χ0) is 13.1. The smallest absolute Gasteiger partial charge is 0.323 e. The van der Waals surface area contributed by atoms with Gasteiger partial charge in [0.1, 0.15) is 0 Å². The molecule has 0 aromatic carbocycles. The van der Waals surface area contributed by atoms with Gasteiger partial charge >= 0.3 is 11.9 Å². The van der Waals surface area contributed by atoms with Crippen molar-refractivity contribution in [1.82, 2.24) is 0 Å². The van der Waals surface area contributed by atoms with E-state index in [-0.39, 0.29) is 0 Å². The number of rotatable bonds is 2. The third-order valence-corrected chi connectivity index (χ3v) is 3.73. The van der Waals surface area contributed by atoms with Crippen LogP contribution in [0.3, 0.4) is 0 Å². The molecule has 4 heteroatoms. The largest absolute Gasteiger partial charge is 0.468 e. The Morgan fingerprint density at radius 1 is 0.941 bits per heavy atom. The highest BCUT2D eigenvalue weighted by molar-refractivity contribution is 6.00. The van der Waals surface area contributed by atoms with Gasteiger partial charge in [-0.15, -0.1) is 0 Å². The second kappa shape index (κ2) is 5.34. The van der Waals surface area contributed by atoms with Gasteiger partial charge in [0, 0.05) is 0 Å². The maximum absolute atomic E-state index is 11.9. The first-order valence-electron chi connectivity index (χ1n) is 5.80. The van der Waals surface area contributed by atoms with E-state index in [1.807, 2.05) is 13.8 Å². The molecule has 0 heterocycles. The summed E-state index contributed by atoms with van der Waals surface area (Å²) in [6.45, 7) is 4.08. The fraction of sp³-hybridized carbons (Fsp3) is 0.692. The molecule has 0 aromatic heterocycles. The molecule has 0 unspecified atom stereocenters. The summed E-state index contributed by atoms with van der Waals surface area (Å²) in [5, 5.41) is 0. The Kier molecular flexibility index (Phi) is 4.32. The summed E-state index contributed by atoms with van der Waals surface area (Å²) < 4.78 is 9.57. The normalized spacial score (nSPS) is 19.5. The van der Waals surface area contributed by atoms with Crippen LogP contribution in [0.2, 0.25) is 0 Å². The van der Waals surface area contributed by atoms with Crippen LogP contribution in [0.1, 0.15) is 39.5 Å². The first-order valence-corrected chi connectivity index (χ1v) is 5.80. The van der Waals surface area contributed by atoms with Crippen molar-refractivity contribution in [2.75, 3.05) is 14.2 Å². The summed E-state index contributed by atoms with van der Waals surface area (Å²) in [4.78, 5) is 23.8. The molecule has 0 amide bonds. The van der Waals surface area contributed by atoms with Crippen molar-refractivity contribution >= 4 is 11.9 Å². The molecular weight excluding hydrogens is 220 g/mol. The fourth-order valence-corrected chi connectivity index (χ4v) is 2.24. The summed E-state index contributed by atoms with van der Waals surface area (Å²) >= 11 is 0. The molecule has 0 aliphatic heterocycles. The summed E-state index contributed by atoms with van der Waals surface area (Å²) in [6, 6.07) is 0. The van der Waals surface area contributed by atoms with Crippen LogP contribution in [0.15, 0.2) is 11.1 Å². The lowest BCUT2D eigenvalue weighted by atomic mass is 9.79. The van der Waals surface area contributed by atoms with Gasteiger partial charge in [-0.25, -0.2) is 0 Å². The standard InChI is InChI=1S/C13H20O4/c1-9-5-7-13(11(14)16-3,12(15)17-4)8-6-10(9)2/h5-8H2,1-4H3. The molecule has 0 aromatic rings. The van der Waals surface area contributed by atoms with Crippen molar-refractivity contribution in [3.05, 3.63) is 11.1 Å². The highest BCUT2D eigenvalue weighted by Gasteiger charge is 2.48. The molecule has 0 fully saturated rings. The van der Waals surface area contributed by atoms with Crippen LogP contribution < -0.4 is 0 Å². The van der Waals surface area contributed by atoms with Crippen molar-refractivity contribution < 1.29 is 19.1 Å². The van der Waals surface area contributed by atoms with E-state index in [4.69, 9.17) is 9.47 Å². The molecule has 1 aliphatic rings. The van der Waals surface area contributed by atoms with E-state index in [1.165, 1.54) is 25.4 Å². The summed E-state index contributed by atoms with van der Waals surface area (Å²) in [5.41, 5.74) is 1.38. The van der Waals surface area contributed by atoms with E-state index in [0.29, 0.717) is 12.8 Å². The molecule has 0 saturated carbocycles. The van der Waals surface area contributed by atoms with Crippen LogP contribution in [-0.4, -0.2) is 26.2 Å². The summed E-state index contributed by atoms with van der Waals surface area (Å²) in [5.74, 6) is -0.960. The summed E-state index contributed by atoms with van der Waals surface area (Å²) in [6.07, 6.45) is 2.40. The third-order valence-electron chi connectivity index (χ3n) is 3.73. The number of hydrogen-bond acceptors (Lipinski definition) is 4. The second-order valence-electron chi connectivity index (χ2n) is 4.63. The first kappa shape index (κ1) is 13.7. The summed E-state index contributed by atoms with van der Waals surface area (Å²) in [7, 11) is 2.62. The average molecular weight is 240 g/mol. The van der Waals surface area contributed by atoms with Gasteiger partial charge in [-0.05, 0) is 39.5 Å². The van der Waals surface area contributed by atoms with Gasteiger partial charge in [0.15, 0.2) is 5.41 Å². The topological polar surface area (TPSA) is 52.6 Å². The molecule has 0 N–H and O–H groups in total. The number of esters is 2. The lowest BCUT2D eigenvalue weighted by molar-refractivity contribution is -0.170. The molecule has 0 spiro atoms. The van der Waals surface area contributed by atoms with Gasteiger partial charge < -0.3 is 9.47 Å². The van der Waals surface area contributed by atoms with Crippen LogP contribution in [0.4, 0.5) is 0 Å². The van der Waals surface area contributed by atoms with Crippen molar-refractivity contribution in [2.45, 2.75) is 39.5 Å². The third kappa shape index (κ3) is 2.51. The monoisotopic (exact) mass is 240 g/mol. The molecule has 0 bridgehead atoms. The predicted octanol–water partition coefficient (Wildman–Crippen LogP) is 2.23. The minimum Gasteiger partial charge on any atom is -0.468 e. The van der Waals surface area contributed by atoms with Gasteiger partial charge in [0.25, 0.3) is 0 Å². The van der Waals surface area contributed by atoms with E-state index in [9.17, 15) is 9.59 Å². The average Bonchev–Trinajstić information content (AvgIpc) is 2.50. The van der Waals surface area contributed by atoms with Crippen LogP contribution in [0, 0.1) is 5.41 Å². The maximum Gasteiger partial charge on any atom is 0.323 e. The van der Waals surface area contributed by atoms with E-state index in [0.717, 1.165) is 12.8 Å². The molecule has 17 heavy (non-hydrogen) atoms. The Labute approximate surface area is 102 Å². The zero-order valence-electron chi connectivity index (χ0n) is 11.0. The lowest BCUT2D eigenvalue weighted by Crippen LogP contribution is -2.41. The number of methoxy groups -OCH3 is 2. The van der Waals surface area contributed by atoms with Gasteiger partial charge in [0.2, 0.25) is 0 Å². The quantitative estimate of drug-likeness (QED) is 0.422. The molecule has 0 saturated heterocycles. The van der Waals surface area contributed by atoms with Crippen molar-refractivity contribution in [3.8, 4) is 0 Å². The SMILES string of the molecule is COC(=O)C1(C(=O)OC)CCC(C)=C(C)CC1. The van der Waals surface area contributed by atoms with Crippen molar-refractivity contribution in [2.24, 2.45) is 5.41 Å². The Hall–Kier alpha value is -1.32. The number of carbonyl (C=O) groups is 2. The van der Waals surface area contributed by atoms with E-state index in [1.54, 1.807) is 0 Å². The highest BCUT2D eigenvalue weighted by atomic mass is 16.5. The molecule has 4 nitrogen and oxygen atoms in total. The Bertz CT molecular complexity index is 320. The van der Waals surface area contributed by atoms with E-state index < -0.39 is 17.4 Å². The van der Waals surface area contributed by atoms with Gasteiger partial charge in [-0.1, -0.05) is 11.1 Å². The van der Waals surface area contributed by atoms with Crippen LogP contribution in [-0.2, 0) is 19.1 Å². The molecule has 0 radical (unpaired) electrons. The van der Waals surface area contributed by atoms with Gasteiger partial charge in [-0.3, -0.25) is 9.59 Å². The van der Waals surface area contributed by atoms with Crippen LogP contribution in [0.5, 0.6) is 0 Å². The Balaban J connectivity index is 3.03. The number of hydrogen-bond donors (Lipinski definition) is 0. The fourth-order valence-electron chi connectivity index (χ4n) is 2.24. The van der Waals surface area contributed by atoms with Gasteiger partial charge in [0.05, 0.1) is 14.2 Å². The van der Waals surface area contributed by atoms with Crippen LogP contribution in [0.25, 0.3) is 0 Å². The van der Waals surface area contributed by atoms with Crippen molar-refractivity contribution in [1.29, 1.82) is 0 Å². The minimum absolute atomic E-state index is 0.468. The minimum atomic E-state index is -1.12. The number of allylic oxidation sites excluding steroid dienone is 2. The van der Waals surface area contributed by atoms with Crippen molar-refractivity contribution in [3.63, 3.8) is 0 Å². The molecule has 0 atom stereocenters. The zero-order valence-corrected chi connectivity index (χ0v) is 11.0. The molecule has 96 valence electrons. The Morgan fingerprint density at radius 3 is 1.59 bits per heavy atom. The van der Waals surface area contributed by atoms with E-state index in [2.05, 4.69) is 0 Å². The number of ether oxygens (including phenoxy) is 2. The molecular formula is C13H20O4. The number of carbonyl (C=O) groups excluding carboxylic acids is 2. The predicted molar refractivity (Wildman–Crippen MR) is 63.3 cm³/mol. The highest BCUT2D eigenvalue weighted by Crippen LogP contribution is 2.39. The second-order valence-corrected chi connectivity index (χ2v) is 4.63. The van der Waals surface area contributed by atoms with E-state index >= 15 is 0 Å². The van der Waals surface area contributed by atoms with Gasteiger partial charge in [-0.2, -0.15) is 0 Å². The lowest BCUT2D eigenvalue weighted by Gasteiger charge is -2.26. The first-order chi connectivity index (χ1) is 7.97. The van der Waals surface area contributed by atoms with Crippen LogP contribution >= 0.6 is 0 Å². The Morgan fingerprint density at radius 2 is 1.29 bits per heavy atom. The maximum atomic E-state index is 11.9. The molecule has 1 rings (SSSR count). The molecule has 1 aliphatic carbocycles.